The second-order valence-corrected chi connectivity index (χ2v) is 5.89. The van der Waals surface area contributed by atoms with Crippen molar-refractivity contribution in [2.75, 3.05) is 10.2 Å². The smallest absolute Gasteiger partial charge is 0.266 e. The molecule has 1 atom stereocenters. The number of amides is 2. The van der Waals surface area contributed by atoms with E-state index in [1.165, 1.54) is 4.90 Å². The van der Waals surface area contributed by atoms with Crippen LogP contribution in [-0.4, -0.2) is 11.8 Å². The quantitative estimate of drug-likeness (QED) is 0.725. The van der Waals surface area contributed by atoms with Crippen LogP contribution in [0.3, 0.4) is 0 Å². The molecule has 0 saturated heterocycles. The van der Waals surface area contributed by atoms with E-state index in [-0.39, 0.29) is 17.9 Å². The van der Waals surface area contributed by atoms with Gasteiger partial charge in [0.05, 0.1) is 34.8 Å². The van der Waals surface area contributed by atoms with Gasteiger partial charge in [-0.1, -0.05) is 24.3 Å². The third kappa shape index (κ3) is 2.50. The second kappa shape index (κ2) is 5.94. The van der Waals surface area contributed by atoms with Crippen molar-refractivity contribution in [2.45, 2.75) is 13.0 Å². The van der Waals surface area contributed by atoms with Crippen molar-refractivity contribution in [3.8, 4) is 0 Å². The van der Waals surface area contributed by atoms with Crippen molar-refractivity contribution in [1.82, 2.24) is 0 Å². The maximum atomic E-state index is 12.7. The fourth-order valence-electron chi connectivity index (χ4n) is 3.04. The SMILES string of the molecule is CC(Nc1ccccc1N1C(=O)c2ccccc2C1=O)c1ccco1. The molecule has 3 aromatic rings. The van der Waals surface area contributed by atoms with Crippen molar-refractivity contribution in [3.63, 3.8) is 0 Å². The summed E-state index contributed by atoms with van der Waals surface area (Å²) in [4.78, 5) is 26.7. The van der Waals surface area contributed by atoms with Crippen LogP contribution in [0.2, 0.25) is 0 Å². The average Bonchev–Trinajstić information content (AvgIpc) is 3.25. The third-order valence-corrected chi connectivity index (χ3v) is 4.28. The summed E-state index contributed by atoms with van der Waals surface area (Å²) < 4.78 is 5.42. The highest BCUT2D eigenvalue weighted by atomic mass is 16.3. The summed E-state index contributed by atoms with van der Waals surface area (Å²) in [6.07, 6.45) is 1.61. The van der Waals surface area contributed by atoms with E-state index in [1.54, 1.807) is 36.6 Å². The minimum Gasteiger partial charge on any atom is -0.467 e. The number of nitrogens with zero attached hydrogens (tertiary/aromatic N) is 1. The predicted molar refractivity (Wildman–Crippen MR) is 94.8 cm³/mol. The number of para-hydroxylation sites is 2. The molecule has 124 valence electrons. The summed E-state index contributed by atoms with van der Waals surface area (Å²) in [7, 11) is 0. The number of fused-ring (bicyclic) bond motifs is 1. The van der Waals surface area contributed by atoms with Crippen LogP contribution < -0.4 is 10.2 Å². The Morgan fingerprint density at radius 3 is 2.16 bits per heavy atom. The first-order chi connectivity index (χ1) is 12.2. The summed E-state index contributed by atoms with van der Waals surface area (Å²) in [6.45, 7) is 1.96. The summed E-state index contributed by atoms with van der Waals surface area (Å²) in [5, 5.41) is 3.32. The van der Waals surface area contributed by atoms with Crippen LogP contribution in [0.25, 0.3) is 0 Å². The highest BCUT2D eigenvalue weighted by Gasteiger charge is 2.37. The number of carbonyl (C=O) groups excluding carboxylic acids is 2. The Kier molecular flexibility index (Phi) is 3.61. The number of imide groups is 1. The van der Waals surface area contributed by atoms with Crippen molar-refractivity contribution < 1.29 is 14.0 Å². The molecule has 0 saturated carbocycles. The zero-order valence-corrected chi connectivity index (χ0v) is 13.6. The Hall–Kier alpha value is -3.34. The monoisotopic (exact) mass is 332 g/mol. The zero-order chi connectivity index (χ0) is 17.4. The number of hydrogen-bond acceptors (Lipinski definition) is 4. The molecule has 1 unspecified atom stereocenters. The van der Waals surface area contributed by atoms with Crippen LogP contribution in [0.1, 0.15) is 39.4 Å². The van der Waals surface area contributed by atoms with Gasteiger partial charge in [-0.25, -0.2) is 4.90 Å². The van der Waals surface area contributed by atoms with Crippen LogP contribution in [0.4, 0.5) is 11.4 Å². The van der Waals surface area contributed by atoms with Gasteiger partial charge in [0, 0.05) is 0 Å². The highest BCUT2D eigenvalue weighted by molar-refractivity contribution is 6.35. The lowest BCUT2D eigenvalue weighted by atomic mass is 10.1. The molecule has 1 aromatic heterocycles. The molecule has 0 aliphatic carbocycles. The fourth-order valence-corrected chi connectivity index (χ4v) is 3.04. The molecule has 5 nitrogen and oxygen atoms in total. The standard InChI is InChI=1S/C20H16N2O3/c1-13(18-11-6-12-25-18)21-16-9-4-5-10-17(16)22-19(23)14-7-2-3-8-15(14)20(22)24/h2-13,21H,1H3. The Balaban J connectivity index is 1.71. The molecule has 2 aromatic carbocycles. The molecule has 1 aliphatic heterocycles. The Bertz CT molecular complexity index is 912. The number of rotatable bonds is 4. The number of benzene rings is 2. The van der Waals surface area contributed by atoms with Gasteiger partial charge in [0.1, 0.15) is 5.76 Å². The van der Waals surface area contributed by atoms with Crippen LogP contribution in [0.15, 0.2) is 71.3 Å². The van der Waals surface area contributed by atoms with Crippen LogP contribution in [0.5, 0.6) is 0 Å². The van der Waals surface area contributed by atoms with E-state index in [0.717, 1.165) is 5.76 Å². The van der Waals surface area contributed by atoms with E-state index in [1.807, 2.05) is 37.3 Å². The lowest BCUT2D eigenvalue weighted by Crippen LogP contribution is -2.30. The van der Waals surface area contributed by atoms with Crippen LogP contribution in [-0.2, 0) is 0 Å². The summed E-state index contributed by atoms with van der Waals surface area (Å²) in [5.41, 5.74) is 2.09. The number of nitrogens with one attached hydrogen (secondary N) is 1. The largest absolute Gasteiger partial charge is 0.467 e. The number of carbonyl (C=O) groups is 2. The van der Waals surface area contributed by atoms with Crippen LogP contribution in [0, 0.1) is 0 Å². The lowest BCUT2D eigenvalue weighted by Gasteiger charge is -2.21. The minimum atomic E-state index is -0.305. The molecule has 5 heteroatoms. The van der Waals surface area contributed by atoms with Gasteiger partial charge in [-0.2, -0.15) is 0 Å². The zero-order valence-electron chi connectivity index (χ0n) is 13.6. The Morgan fingerprint density at radius 2 is 1.52 bits per heavy atom. The third-order valence-electron chi connectivity index (χ3n) is 4.28. The molecular weight excluding hydrogens is 316 g/mol. The first kappa shape index (κ1) is 15.2. The van der Waals surface area contributed by atoms with Crippen molar-refractivity contribution in [1.29, 1.82) is 0 Å². The summed E-state index contributed by atoms with van der Waals surface area (Å²) in [6, 6.07) is 17.7. The molecule has 4 rings (SSSR count). The number of furan rings is 1. The van der Waals surface area contributed by atoms with Crippen LogP contribution >= 0.6 is 0 Å². The van der Waals surface area contributed by atoms with E-state index in [9.17, 15) is 9.59 Å². The van der Waals surface area contributed by atoms with E-state index >= 15 is 0 Å². The molecule has 0 bridgehead atoms. The van der Waals surface area contributed by atoms with Gasteiger partial charge in [-0.15, -0.1) is 0 Å². The maximum absolute atomic E-state index is 12.7. The molecule has 0 fully saturated rings. The molecule has 1 aliphatic rings. The summed E-state index contributed by atoms with van der Waals surface area (Å²) >= 11 is 0. The Morgan fingerprint density at radius 1 is 0.880 bits per heavy atom. The van der Waals surface area contributed by atoms with Gasteiger partial charge < -0.3 is 9.73 Å². The highest BCUT2D eigenvalue weighted by Crippen LogP contribution is 2.34. The molecule has 0 radical (unpaired) electrons. The molecule has 2 amide bonds. The van der Waals surface area contributed by atoms with Gasteiger partial charge in [0.25, 0.3) is 11.8 Å². The molecule has 2 heterocycles. The first-order valence-corrected chi connectivity index (χ1v) is 8.03. The average molecular weight is 332 g/mol. The van der Waals surface area contributed by atoms with E-state index in [0.29, 0.717) is 22.5 Å². The van der Waals surface area contributed by atoms with Crippen molar-refractivity contribution in [3.05, 3.63) is 83.8 Å². The number of hydrogen-bond donors (Lipinski definition) is 1. The molecule has 1 N–H and O–H groups in total. The van der Waals surface area contributed by atoms with E-state index < -0.39 is 0 Å². The number of anilines is 2. The van der Waals surface area contributed by atoms with Gasteiger partial charge in [-0.05, 0) is 43.3 Å². The minimum absolute atomic E-state index is 0.105. The lowest BCUT2D eigenvalue weighted by molar-refractivity contribution is 0.0926. The molecule has 25 heavy (non-hydrogen) atoms. The second-order valence-electron chi connectivity index (χ2n) is 5.89. The maximum Gasteiger partial charge on any atom is 0.266 e. The van der Waals surface area contributed by atoms with Gasteiger partial charge in [0.2, 0.25) is 0 Å². The molecular formula is C20H16N2O3. The van der Waals surface area contributed by atoms with E-state index in [2.05, 4.69) is 5.32 Å². The fraction of sp³-hybridized carbons (Fsp3) is 0.100. The molecule has 0 spiro atoms. The van der Waals surface area contributed by atoms with E-state index in [4.69, 9.17) is 4.42 Å². The van der Waals surface area contributed by atoms with Gasteiger partial charge in [-0.3, -0.25) is 9.59 Å². The predicted octanol–water partition coefficient (Wildman–Crippen LogP) is 4.25. The van der Waals surface area contributed by atoms with Crippen molar-refractivity contribution in [2.24, 2.45) is 0 Å². The topological polar surface area (TPSA) is 62.6 Å². The normalized spacial score (nSPS) is 14.5. The van der Waals surface area contributed by atoms with Gasteiger partial charge in [0.15, 0.2) is 0 Å². The first-order valence-electron chi connectivity index (χ1n) is 8.03. The van der Waals surface area contributed by atoms with Crippen molar-refractivity contribution >= 4 is 23.2 Å². The summed E-state index contributed by atoms with van der Waals surface area (Å²) in [5.74, 6) is 0.165. The van der Waals surface area contributed by atoms with Gasteiger partial charge >= 0.3 is 0 Å². The Labute approximate surface area is 144 Å².